The standard InChI is InChI=1S/C19H17ClN2O3S/c1-2-24-16-9-7-15(8-10-16)22-18(23)12-26-19-21-11-17(25-19)13-3-5-14(20)6-4-13/h3-11H,2,12H2,1H3,(H,22,23). The van der Waals surface area contributed by atoms with Crippen LogP contribution in [0.4, 0.5) is 5.69 Å². The van der Waals surface area contributed by atoms with Crippen molar-refractivity contribution >= 4 is 35.0 Å². The summed E-state index contributed by atoms with van der Waals surface area (Å²) in [6, 6.07) is 14.5. The van der Waals surface area contributed by atoms with Gasteiger partial charge in [-0.2, -0.15) is 0 Å². The van der Waals surface area contributed by atoms with E-state index in [9.17, 15) is 4.79 Å². The highest BCUT2D eigenvalue weighted by molar-refractivity contribution is 7.99. The number of hydrogen-bond donors (Lipinski definition) is 1. The number of carbonyl (C=O) groups excluding carboxylic acids is 1. The Hall–Kier alpha value is -2.44. The zero-order chi connectivity index (χ0) is 18.4. The molecule has 0 atom stereocenters. The molecule has 26 heavy (non-hydrogen) atoms. The Bertz CT molecular complexity index is 863. The Labute approximate surface area is 160 Å². The molecule has 0 saturated heterocycles. The quantitative estimate of drug-likeness (QED) is 0.569. The van der Waals surface area contributed by atoms with Crippen LogP contribution in [0.25, 0.3) is 11.3 Å². The number of nitrogens with one attached hydrogen (secondary N) is 1. The van der Waals surface area contributed by atoms with Gasteiger partial charge in [0.2, 0.25) is 5.91 Å². The zero-order valence-electron chi connectivity index (χ0n) is 14.1. The van der Waals surface area contributed by atoms with Gasteiger partial charge in [-0.1, -0.05) is 23.4 Å². The number of aromatic nitrogens is 1. The number of rotatable bonds is 7. The van der Waals surface area contributed by atoms with Gasteiger partial charge in [-0.25, -0.2) is 4.98 Å². The van der Waals surface area contributed by atoms with E-state index in [1.807, 2.05) is 31.2 Å². The maximum absolute atomic E-state index is 12.1. The third-order valence-corrected chi connectivity index (χ3v) is 4.48. The Morgan fingerprint density at radius 3 is 2.62 bits per heavy atom. The van der Waals surface area contributed by atoms with Gasteiger partial charge in [-0.05, 0) is 55.5 Å². The smallest absolute Gasteiger partial charge is 0.256 e. The van der Waals surface area contributed by atoms with Gasteiger partial charge >= 0.3 is 0 Å². The third kappa shape index (κ3) is 5.03. The number of halogens is 1. The number of ether oxygens (including phenoxy) is 1. The fourth-order valence-electron chi connectivity index (χ4n) is 2.20. The number of thioether (sulfide) groups is 1. The second-order valence-electron chi connectivity index (χ2n) is 5.29. The van der Waals surface area contributed by atoms with Crippen LogP contribution in [-0.4, -0.2) is 23.3 Å². The van der Waals surface area contributed by atoms with Crippen molar-refractivity contribution in [2.24, 2.45) is 0 Å². The van der Waals surface area contributed by atoms with Gasteiger partial charge in [0.1, 0.15) is 5.75 Å². The molecule has 0 aliphatic rings. The zero-order valence-corrected chi connectivity index (χ0v) is 15.6. The van der Waals surface area contributed by atoms with Gasteiger partial charge in [0.15, 0.2) is 5.76 Å². The fraction of sp³-hybridized carbons (Fsp3) is 0.158. The summed E-state index contributed by atoms with van der Waals surface area (Å²) in [5, 5.41) is 3.93. The van der Waals surface area contributed by atoms with Crippen LogP contribution in [0.2, 0.25) is 5.02 Å². The molecule has 1 N–H and O–H groups in total. The fourth-order valence-corrected chi connectivity index (χ4v) is 2.93. The van der Waals surface area contributed by atoms with Gasteiger partial charge in [0.05, 0.1) is 18.6 Å². The van der Waals surface area contributed by atoms with Crippen molar-refractivity contribution in [3.63, 3.8) is 0 Å². The molecule has 134 valence electrons. The Morgan fingerprint density at radius 1 is 1.19 bits per heavy atom. The van der Waals surface area contributed by atoms with E-state index < -0.39 is 0 Å². The van der Waals surface area contributed by atoms with E-state index in [1.54, 1.807) is 30.5 Å². The minimum atomic E-state index is -0.134. The summed E-state index contributed by atoms with van der Waals surface area (Å²) in [6.45, 7) is 2.53. The number of amides is 1. The molecule has 0 bridgehead atoms. The number of nitrogens with zero attached hydrogens (tertiary/aromatic N) is 1. The van der Waals surface area contributed by atoms with Crippen LogP contribution in [0.1, 0.15) is 6.92 Å². The van der Waals surface area contributed by atoms with Gasteiger partial charge < -0.3 is 14.5 Å². The maximum Gasteiger partial charge on any atom is 0.256 e. The highest BCUT2D eigenvalue weighted by Crippen LogP contribution is 2.26. The molecular formula is C19H17ClN2O3S. The van der Waals surface area contributed by atoms with Crippen LogP contribution in [-0.2, 0) is 4.79 Å². The summed E-state index contributed by atoms with van der Waals surface area (Å²) in [5.41, 5.74) is 1.60. The average Bonchev–Trinajstić information content (AvgIpc) is 3.11. The first-order chi connectivity index (χ1) is 12.6. The van der Waals surface area contributed by atoms with E-state index in [1.165, 1.54) is 11.8 Å². The highest BCUT2D eigenvalue weighted by atomic mass is 35.5. The first-order valence-corrected chi connectivity index (χ1v) is 9.37. The topological polar surface area (TPSA) is 64.4 Å². The summed E-state index contributed by atoms with van der Waals surface area (Å²) >= 11 is 7.12. The number of benzene rings is 2. The Morgan fingerprint density at radius 2 is 1.92 bits per heavy atom. The molecule has 1 heterocycles. The summed E-state index contributed by atoms with van der Waals surface area (Å²) in [7, 11) is 0. The molecule has 0 radical (unpaired) electrons. The molecule has 0 aliphatic heterocycles. The highest BCUT2D eigenvalue weighted by Gasteiger charge is 2.10. The molecule has 0 spiro atoms. The van der Waals surface area contributed by atoms with Gasteiger partial charge in [0.25, 0.3) is 5.22 Å². The second-order valence-corrected chi connectivity index (χ2v) is 6.65. The Balaban J connectivity index is 1.52. The van der Waals surface area contributed by atoms with Crippen LogP contribution >= 0.6 is 23.4 Å². The molecule has 2 aromatic carbocycles. The van der Waals surface area contributed by atoms with Gasteiger partial charge in [-0.3, -0.25) is 4.79 Å². The van der Waals surface area contributed by atoms with Crippen molar-refractivity contribution in [3.05, 3.63) is 59.8 Å². The van der Waals surface area contributed by atoms with E-state index in [4.69, 9.17) is 20.8 Å². The minimum Gasteiger partial charge on any atom is -0.494 e. The predicted molar refractivity (Wildman–Crippen MR) is 104 cm³/mol. The maximum atomic E-state index is 12.1. The van der Waals surface area contributed by atoms with E-state index >= 15 is 0 Å². The van der Waals surface area contributed by atoms with Crippen molar-refractivity contribution in [2.75, 3.05) is 17.7 Å². The largest absolute Gasteiger partial charge is 0.494 e. The van der Waals surface area contributed by atoms with Crippen molar-refractivity contribution < 1.29 is 13.9 Å². The van der Waals surface area contributed by atoms with Crippen molar-refractivity contribution in [1.29, 1.82) is 0 Å². The van der Waals surface area contributed by atoms with Gasteiger partial charge in [0, 0.05) is 16.3 Å². The number of anilines is 1. The minimum absolute atomic E-state index is 0.134. The summed E-state index contributed by atoms with van der Waals surface area (Å²) in [4.78, 5) is 16.3. The summed E-state index contributed by atoms with van der Waals surface area (Å²) in [6.07, 6.45) is 1.63. The number of oxazole rings is 1. The molecule has 3 rings (SSSR count). The molecule has 0 aliphatic carbocycles. The van der Waals surface area contributed by atoms with E-state index in [0.717, 1.165) is 11.3 Å². The van der Waals surface area contributed by atoms with Gasteiger partial charge in [-0.15, -0.1) is 0 Å². The lowest BCUT2D eigenvalue weighted by atomic mass is 10.2. The molecule has 1 aromatic heterocycles. The van der Waals surface area contributed by atoms with Crippen LogP contribution in [0.5, 0.6) is 5.75 Å². The molecule has 1 amide bonds. The number of carbonyl (C=O) groups is 1. The second kappa shape index (κ2) is 8.78. The Kier molecular flexibility index (Phi) is 6.20. The monoisotopic (exact) mass is 388 g/mol. The van der Waals surface area contributed by atoms with Crippen molar-refractivity contribution in [1.82, 2.24) is 4.98 Å². The first kappa shape index (κ1) is 18.4. The van der Waals surface area contributed by atoms with Crippen LogP contribution < -0.4 is 10.1 Å². The average molecular weight is 389 g/mol. The lowest BCUT2D eigenvalue weighted by Gasteiger charge is -2.06. The number of hydrogen-bond acceptors (Lipinski definition) is 5. The van der Waals surface area contributed by atoms with E-state index in [-0.39, 0.29) is 11.7 Å². The molecule has 5 nitrogen and oxygen atoms in total. The van der Waals surface area contributed by atoms with Crippen LogP contribution in [0, 0.1) is 0 Å². The summed E-state index contributed by atoms with van der Waals surface area (Å²) < 4.78 is 11.0. The van der Waals surface area contributed by atoms with E-state index in [0.29, 0.717) is 28.3 Å². The van der Waals surface area contributed by atoms with E-state index in [2.05, 4.69) is 10.3 Å². The van der Waals surface area contributed by atoms with Crippen molar-refractivity contribution in [3.8, 4) is 17.1 Å². The lowest BCUT2D eigenvalue weighted by Crippen LogP contribution is -2.13. The van der Waals surface area contributed by atoms with Crippen LogP contribution in [0.15, 0.2) is 64.4 Å². The molecule has 7 heteroatoms. The third-order valence-electron chi connectivity index (χ3n) is 3.39. The SMILES string of the molecule is CCOc1ccc(NC(=O)CSc2ncc(-c3ccc(Cl)cc3)o2)cc1. The summed E-state index contributed by atoms with van der Waals surface area (Å²) in [5.74, 6) is 1.48. The predicted octanol–water partition coefficient (Wildman–Crippen LogP) is 5.12. The normalized spacial score (nSPS) is 10.5. The van der Waals surface area contributed by atoms with Crippen LogP contribution in [0.3, 0.4) is 0 Å². The lowest BCUT2D eigenvalue weighted by molar-refractivity contribution is -0.113. The first-order valence-electron chi connectivity index (χ1n) is 8.01. The molecular weight excluding hydrogens is 372 g/mol. The molecule has 0 saturated carbocycles. The molecule has 0 fully saturated rings. The van der Waals surface area contributed by atoms with Crippen molar-refractivity contribution in [2.45, 2.75) is 12.1 Å². The molecule has 0 unspecified atom stereocenters. The molecule has 3 aromatic rings.